The number of hydrogen-bond donors (Lipinski definition) is 2. The Bertz CT molecular complexity index is 450. The lowest BCUT2D eigenvalue weighted by Crippen LogP contribution is -1.98. The highest BCUT2D eigenvalue weighted by Gasteiger charge is 2.04. The maximum Gasteiger partial charge on any atom is 0.181 e. The molecule has 0 saturated heterocycles. The third-order valence-corrected chi connectivity index (χ3v) is 2.93. The molecule has 4 heteroatoms. The highest BCUT2D eigenvalue weighted by Crippen LogP contribution is 2.14. The number of nitrogens with zero attached hydrogens (tertiary/aromatic N) is 2. The van der Waals surface area contributed by atoms with Gasteiger partial charge in [-0.2, -0.15) is 5.10 Å². The van der Waals surface area contributed by atoms with Crippen LogP contribution in [0.2, 0.25) is 0 Å². The number of rotatable bonds is 7. The maximum absolute atomic E-state index is 5.46. The minimum absolute atomic E-state index is 0.785. The number of benzene rings is 1. The number of aromatic amines is 1. The van der Waals surface area contributed by atoms with Crippen molar-refractivity contribution in [3.63, 3.8) is 0 Å². The van der Waals surface area contributed by atoms with Crippen molar-refractivity contribution in [2.24, 2.45) is 5.73 Å². The summed E-state index contributed by atoms with van der Waals surface area (Å²) < 4.78 is 0. The van der Waals surface area contributed by atoms with Gasteiger partial charge in [0.15, 0.2) is 5.82 Å². The Labute approximate surface area is 108 Å². The maximum atomic E-state index is 5.46. The minimum atomic E-state index is 0.785. The standard InChI is InChI=1S/C14H20N4/c15-11-7-2-1-6-10-13-16-14(18-17-13)12-8-4-3-5-9-12/h3-5,8-9H,1-2,6-7,10-11,15H2,(H,16,17,18). The van der Waals surface area contributed by atoms with E-state index in [9.17, 15) is 0 Å². The second-order valence-electron chi connectivity index (χ2n) is 4.42. The summed E-state index contributed by atoms with van der Waals surface area (Å²) in [6.07, 6.45) is 5.63. The summed E-state index contributed by atoms with van der Waals surface area (Å²) in [5.41, 5.74) is 6.52. The van der Waals surface area contributed by atoms with E-state index in [-0.39, 0.29) is 0 Å². The first-order valence-electron chi connectivity index (χ1n) is 6.57. The van der Waals surface area contributed by atoms with Crippen LogP contribution < -0.4 is 5.73 Å². The highest BCUT2D eigenvalue weighted by atomic mass is 15.2. The summed E-state index contributed by atoms with van der Waals surface area (Å²) in [5, 5.41) is 7.25. The fraction of sp³-hybridized carbons (Fsp3) is 0.429. The van der Waals surface area contributed by atoms with Crippen LogP contribution in [0.4, 0.5) is 0 Å². The van der Waals surface area contributed by atoms with Crippen LogP contribution in [0.1, 0.15) is 31.5 Å². The van der Waals surface area contributed by atoms with Crippen LogP contribution in [-0.4, -0.2) is 21.7 Å². The smallest absolute Gasteiger partial charge is 0.181 e. The van der Waals surface area contributed by atoms with E-state index < -0.39 is 0 Å². The molecule has 4 nitrogen and oxygen atoms in total. The molecular formula is C14H20N4. The number of nitrogens with one attached hydrogen (secondary N) is 1. The van der Waals surface area contributed by atoms with Crippen molar-refractivity contribution >= 4 is 0 Å². The van der Waals surface area contributed by atoms with E-state index >= 15 is 0 Å². The molecule has 0 aliphatic rings. The first kappa shape index (κ1) is 12.8. The van der Waals surface area contributed by atoms with Gasteiger partial charge in [0, 0.05) is 12.0 Å². The van der Waals surface area contributed by atoms with Gasteiger partial charge in [0.05, 0.1) is 0 Å². The summed E-state index contributed by atoms with van der Waals surface area (Å²) in [7, 11) is 0. The molecule has 0 fully saturated rings. The lowest BCUT2D eigenvalue weighted by atomic mass is 10.1. The molecule has 0 atom stereocenters. The third kappa shape index (κ3) is 3.67. The number of aryl methyl sites for hydroxylation is 1. The Morgan fingerprint density at radius 2 is 1.78 bits per heavy atom. The van der Waals surface area contributed by atoms with Gasteiger partial charge in [-0.15, -0.1) is 0 Å². The van der Waals surface area contributed by atoms with Crippen molar-refractivity contribution in [3.8, 4) is 11.4 Å². The summed E-state index contributed by atoms with van der Waals surface area (Å²) in [4.78, 5) is 4.51. The first-order chi connectivity index (χ1) is 8.90. The average molecular weight is 244 g/mol. The Hall–Kier alpha value is -1.68. The van der Waals surface area contributed by atoms with Gasteiger partial charge in [0.2, 0.25) is 0 Å². The first-order valence-corrected chi connectivity index (χ1v) is 6.57. The van der Waals surface area contributed by atoms with E-state index in [1.165, 1.54) is 12.8 Å². The minimum Gasteiger partial charge on any atom is -0.330 e. The summed E-state index contributed by atoms with van der Waals surface area (Å²) in [5.74, 6) is 1.76. The van der Waals surface area contributed by atoms with Gasteiger partial charge >= 0.3 is 0 Å². The van der Waals surface area contributed by atoms with Crippen LogP contribution in [0.3, 0.4) is 0 Å². The predicted molar refractivity (Wildman–Crippen MR) is 73.0 cm³/mol. The monoisotopic (exact) mass is 244 g/mol. The quantitative estimate of drug-likeness (QED) is 0.735. The number of nitrogens with two attached hydrogens (primary N) is 1. The Balaban J connectivity index is 1.83. The molecule has 96 valence electrons. The van der Waals surface area contributed by atoms with Gasteiger partial charge in [0.1, 0.15) is 5.82 Å². The molecule has 0 bridgehead atoms. The van der Waals surface area contributed by atoms with E-state index in [4.69, 9.17) is 5.73 Å². The van der Waals surface area contributed by atoms with E-state index in [0.717, 1.165) is 43.0 Å². The van der Waals surface area contributed by atoms with Crippen LogP contribution >= 0.6 is 0 Å². The zero-order valence-electron chi connectivity index (χ0n) is 10.6. The van der Waals surface area contributed by atoms with Crippen LogP contribution in [0.5, 0.6) is 0 Å². The SMILES string of the molecule is NCCCCCCc1nc(-c2ccccc2)n[nH]1. The van der Waals surface area contributed by atoms with Crippen molar-refractivity contribution in [3.05, 3.63) is 36.2 Å². The van der Waals surface area contributed by atoms with E-state index in [2.05, 4.69) is 15.2 Å². The topological polar surface area (TPSA) is 67.6 Å². The Kier molecular flexibility index (Phi) is 4.90. The molecule has 0 aliphatic heterocycles. The zero-order chi connectivity index (χ0) is 12.6. The van der Waals surface area contributed by atoms with Gasteiger partial charge in [-0.3, -0.25) is 5.10 Å². The summed E-state index contributed by atoms with van der Waals surface area (Å²) in [6.45, 7) is 0.792. The number of hydrogen-bond acceptors (Lipinski definition) is 3. The summed E-state index contributed by atoms with van der Waals surface area (Å²) >= 11 is 0. The molecule has 0 spiro atoms. The molecule has 2 aromatic rings. The van der Waals surface area contributed by atoms with Crippen molar-refractivity contribution < 1.29 is 0 Å². The molecule has 0 unspecified atom stereocenters. The molecular weight excluding hydrogens is 224 g/mol. The van der Waals surface area contributed by atoms with Crippen molar-refractivity contribution in [1.29, 1.82) is 0 Å². The second-order valence-corrected chi connectivity index (χ2v) is 4.42. The van der Waals surface area contributed by atoms with Crippen molar-refractivity contribution in [1.82, 2.24) is 15.2 Å². The van der Waals surface area contributed by atoms with Gasteiger partial charge in [0.25, 0.3) is 0 Å². The van der Waals surface area contributed by atoms with E-state index in [1.807, 2.05) is 30.3 Å². The Morgan fingerprint density at radius 1 is 1.00 bits per heavy atom. The van der Waals surface area contributed by atoms with E-state index in [0.29, 0.717) is 0 Å². The Morgan fingerprint density at radius 3 is 2.56 bits per heavy atom. The predicted octanol–water partition coefficient (Wildman–Crippen LogP) is 2.53. The van der Waals surface area contributed by atoms with Gasteiger partial charge in [-0.05, 0) is 19.4 Å². The van der Waals surface area contributed by atoms with Crippen LogP contribution in [0.15, 0.2) is 30.3 Å². The molecule has 0 amide bonds. The normalized spacial score (nSPS) is 10.7. The van der Waals surface area contributed by atoms with Crippen LogP contribution in [0, 0.1) is 0 Å². The highest BCUT2D eigenvalue weighted by molar-refractivity contribution is 5.53. The third-order valence-electron chi connectivity index (χ3n) is 2.93. The van der Waals surface area contributed by atoms with Gasteiger partial charge < -0.3 is 5.73 Å². The fourth-order valence-corrected chi connectivity index (χ4v) is 1.91. The lowest BCUT2D eigenvalue weighted by Gasteiger charge is -1.97. The van der Waals surface area contributed by atoms with Crippen molar-refractivity contribution in [2.45, 2.75) is 32.1 Å². The molecule has 0 radical (unpaired) electrons. The molecule has 1 aromatic heterocycles. The zero-order valence-corrected chi connectivity index (χ0v) is 10.6. The molecule has 1 heterocycles. The molecule has 3 N–H and O–H groups in total. The fourth-order valence-electron chi connectivity index (χ4n) is 1.91. The molecule has 0 saturated carbocycles. The molecule has 1 aromatic carbocycles. The molecule has 2 rings (SSSR count). The lowest BCUT2D eigenvalue weighted by molar-refractivity contribution is 0.636. The average Bonchev–Trinajstić information content (AvgIpc) is 2.88. The molecule has 0 aliphatic carbocycles. The van der Waals surface area contributed by atoms with Gasteiger partial charge in [-0.25, -0.2) is 4.98 Å². The molecule has 18 heavy (non-hydrogen) atoms. The van der Waals surface area contributed by atoms with Crippen LogP contribution in [-0.2, 0) is 6.42 Å². The van der Waals surface area contributed by atoms with Gasteiger partial charge in [-0.1, -0.05) is 43.2 Å². The number of unbranched alkanes of at least 4 members (excludes halogenated alkanes) is 3. The summed E-state index contributed by atoms with van der Waals surface area (Å²) in [6, 6.07) is 10.0. The largest absolute Gasteiger partial charge is 0.330 e. The van der Waals surface area contributed by atoms with Crippen LogP contribution in [0.25, 0.3) is 11.4 Å². The van der Waals surface area contributed by atoms with E-state index in [1.54, 1.807) is 0 Å². The second kappa shape index (κ2) is 6.91. The van der Waals surface area contributed by atoms with Crippen molar-refractivity contribution in [2.75, 3.05) is 6.54 Å². The number of aromatic nitrogens is 3. The number of H-pyrrole nitrogens is 1.